The summed E-state index contributed by atoms with van der Waals surface area (Å²) in [4.78, 5) is 35.9. The molecule has 0 radical (unpaired) electrons. The minimum Gasteiger partial charge on any atom is -0.478 e. The summed E-state index contributed by atoms with van der Waals surface area (Å²) in [5.41, 5.74) is 0. The lowest BCUT2D eigenvalue weighted by Crippen LogP contribution is -2.42. The van der Waals surface area contributed by atoms with Crippen LogP contribution in [0.1, 0.15) is 0 Å². The fourth-order valence-electron chi connectivity index (χ4n) is 0.841. The van der Waals surface area contributed by atoms with Crippen molar-refractivity contribution in [3.63, 3.8) is 0 Å². The SMILES string of the molecule is CN(C)CCN(C)C(=O)NC(=O)C=CC(=O)O. The molecule has 96 valence electrons. The maximum Gasteiger partial charge on any atom is 0.328 e. The molecule has 0 spiro atoms. The molecule has 2 N–H and O–H groups in total. The van der Waals surface area contributed by atoms with Crippen molar-refractivity contribution in [2.75, 3.05) is 34.2 Å². The highest BCUT2D eigenvalue weighted by molar-refractivity contribution is 6.02. The molecule has 0 aromatic heterocycles. The minimum atomic E-state index is -1.24. The molecule has 0 heterocycles. The molecule has 0 saturated heterocycles. The summed E-state index contributed by atoms with van der Waals surface area (Å²) in [6, 6.07) is -0.563. The summed E-state index contributed by atoms with van der Waals surface area (Å²) in [6.45, 7) is 1.14. The Morgan fingerprint density at radius 3 is 2.18 bits per heavy atom. The van der Waals surface area contributed by atoms with Crippen LogP contribution in [0.5, 0.6) is 0 Å². The normalized spacial score (nSPS) is 10.6. The molecule has 0 aromatic carbocycles. The zero-order valence-corrected chi connectivity index (χ0v) is 10.1. The Labute approximate surface area is 99.7 Å². The van der Waals surface area contributed by atoms with Crippen LogP contribution in [-0.2, 0) is 9.59 Å². The van der Waals surface area contributed by atoms with E-state index in [1.165, 1.54) is 4.90 Å². The van der Waals surface area contributed by atoms with Crippen molar-refractivity contribution in [2.45, 2.75) is 0 Å². The van der Waals surface area contributed by atoms with Gasteiger partial charge in [-0.2, -0.15) is 0 Å². The zero-order chi connectivity index (χ0) is 13.4. The lowest BCUT2D eigenvalue weighted by Gasteiger charge is -2.19. The standard InChI is InChI=1S/C10H17N3O4/c1-12(2)6-7-13(3)10(17)11-8(14)4-5-9(15)16/h4-5H,6-7H2,1-3H3,(H,15,16)(H,11,14,17). The molecule has 7 heteroatoms. The van der Waals surface area contributed by atoms with E-state index in [9.17, 15) is 14.4 Å². The lowest BCUT2D eigenvalue weighted by atomic mass is 10.4. The number of carbonyl (C=O) groups is 3. The number of amides is 3. The highest BCUT2D eigenvalue weighted by Gasteiger charge is 2.10. The zero-order valence-electron chi connectivity index (χ0n) is 10.1. The van der Waals surface area contributed by atoms with Crippen molar-refractivity contribution in [1.29, 1.82) is 0 Å². The Morgan fingerprint density at radius 2 is 1.71 bits per heavy atom. The number of imide groups is 1. The quantitative estimate of drug-likeness (QED) is 0.627. The van der Waals surface area contributed by atoms with Gasteiger partial charge in [0.1, 0.15) is 0 Å². The van der Waals surface area contributed by atoms with Crippen molar-refractivity contribution in [2.24, 2.45) is 0 Å². The molecule has 17 heavy (non-hydrogen) atoms. The van der Waals surface area contributed by atoms with Crippen molar-refractivity contribution >= 4 is 17.9 Å². The Balaban J connectivity index is 4.07. The summed E-state index contributed by atoms with van der Waals surface area (Å²) in [7, 11) is 5.28. The Morgan fingerprint density at radius 1 is 1.12 bits per heavy atom. The number of likely N-dealkylation sites (N-methyl/N-ethyl adjacent to an activating group) is 2. The number of carboxylic acid groups (broad SMARTS) is 1. The van der Waals surface area contributed by atoms with Gasteiger partial charge in [-0.1, -0.05) is 0 Å². The second-order valence-electron chi connectivity index (χ2n) is 3.69. The van der Waals surface area contributed by atoms with Crippen LogP contribution in [0, 0.1) is 0 Å². The largest absolute Gasteiger partial charge is 0.478 e. The van der Waals surface area contributed by atoms with Gasteiger partial charge in [0.15, 0.2) is 0 Å². The number of carboxylic acids is 1. The summed E-state index contributed by atoms with van der Waals surface area (Å²) in [5, 5.41) is 10.3. The number of carbonyl (C=O) groups excluding carboxylic acids is 2. The molecule has 0 rings (SSSR count). The van der Waals surface area contributed by atoms with Gasteiger partial charge < -0.3 is 14.9 Å². The van der Waals surface area contributed by atoms with Gasteiger partial charge >= 0.3 is 12.0 Å². The fraction of sp³-hybridized carbons (Fsp3) is 0.500. The maximum atomic E-state index is 11.4. The molecule has 0 saturated carbocycles. The molecule has 7 nitrogen and oxygen atoms in total. The van der Waals surface area contributed by atoms with Crippen LogP contribution >= 0.6 is 0 Å². The monoisotopic (exact) mass is 243 g/mol. The first-order valence-electron chi connectivity index (χ1n) is 4.94. The maximum absolute atomic E-state index is 11.4. The van der Waals surface area contributed by atoms with Crippen molar-refractivity contribution in [3.8, 4) is 0 Å². The highest BCUT2D eigenvalue weighted by Crippen LogP contribution is 1.86. The lowest BCUT2D eigenvalue weighted by molar-refractivity contribution is -0.131. The van der Waals surface area contributed by atoms with E-state index in [1.54, 1.807) is 7.05 Å². The predicted octanol–water partition coefficient (Wildman–Crippen LogP) is -0.643. The molecular formula is C10H17N3O4. The first kappa shape index (κ1) is 15.1. The highest BCUT2D eigenvalue weighted by atomic mass is 16.4. The molecule has 0 aromatic rings. The predicted molar refractivity (Wildman–Crippen MR) is 61.5 cm³/mol. The number of aliphatic carboxylic acids is 1. The van der Waals surface area contributed by atoms with Gasteiger partial charge in [-0.05, 0) is 14.1 Å². The number of nitrogens with one attached hydrogen (secondary N) is 1. The van der Waals surface area contributed by atoms with Gasteiger partial charge in [0.05, 0.1) is 0 Å². The Hall–Kier alpha value is -1.89. The number of hydrogen-bond donors (Lipinski definition) is 2. The van der Waals surface area contributed by atoms with Crippen LogP contribution < -0.4 is 5.32 Å². The Kier molecular flexibility index (Phi) is 6.57. The van der Waals surface area contributed by atoms with E-state index in [0.717, 1.165) is 6.08 Å². The third-order valence-electron chi connectivity index (χ3n) is 1.84. The van der Waals surface area contributed by atoms with Crippen LogP contribution in [0.25, 0.3) is 0 Å². The molecule has 0 aliphatic carbocycles. The van der Waals surface area contributed by atoms with E-state index in [-0.39, 0.29) is 0 Å². The van der Waals surface area contributed by atoms with Gasteiger partial charge in [0.25, 0.3) is 5.91 Å². The van der Waals surface area contributed by atoms with E-state index < -0.39 is 17.9 Å². The van der Waals surface area contributed by atoms with Crippen LogP contribution in [0.4, 0.5) is 4.79 Å². The summed E-state index contributed by atoms with van der Waals surface area (Å²) in [5.74, 6) is -2.00. The van der Waals surface area contributed by atoms with Gasteiger partial charge in [0, 0.05) is 32.3 Å². The van der Waals surface area contributed by atoms with Gasteiger partial charge in [-0.15, -0.1) is 0 Å². The number of hydrogen-bond acceptors (Lipinski definition) is 4. The third kappa shape index (κ3) is 7.97. The molecule has 3 amide bonds. The van der Waals surface area contributed by atoms with Crippen molar-refractivity contribution in [3.05, 3.63) is 12.2 Å². The summed E-state index contributed by atoms with van der Waals surface area (Å²) in [6.07, 6.45) is 1.46. The second kappa shape index (κ2) is 7.39. The van der Waals surface area contributed by atoms with Crippen LogP contribution in [0.2, 0.25) is 0 Å². The van der Waals surface area contributed by atoms with E-state index >= 15 is 0 Å². The minimum absolute atomic E-state index is 0.467. The van der Waals surface area contributed by atoms with Crippen LogP contribution in [-0.4, -0.2) is 67.0 Å². The topological polar surface area (TPSA) is 90.0 Å². The van der Waals surface area contributed by atoms with Gasteiger partial charge in [-0.25, -0.2) is 9.59 Å². The van der Waals surface area contributed by atoms with E-state index in [0.29, 0.717) is 19.2 Å². The molecule has 0 aliphatic rings. The average Bonchev–Trinajstić information content (AvgIpc) is 2.22. The van der Waals surface area contributed by atoms with Crippen LogP contribution in [0.15, 0.2) is 12.2 Å². The molecule has 0 bridgehead atoms. The number of rotatable bonds is 5. The van der Waals surface area contributed by atoms with Crippen LogP contribution in [0.3, 0.4) is 0 Å². The van der Waals surface area contributed by atoms with Crippen molar-refractivity contribution < 1.29 is 19.5 Å². The number of urea groups is 1. The van der Waals surface area contributed by atoms with E-state index in [1.807, 2.05) is 24.3 Å². The summed E-state index contributed by atoms with van der Waals surface area (Å²) >= 11 is 0. The first-order chi connectivity index (χ1) is 7.82. The Bertz CT molecular complexity index is 326. The number of nitrogens with zero attached hydrogens (tertiary/aromatic N) is 2. The molecular weight excluding hydrogens is 226 g/mol. The second-order valence-corrected chi connectivity index (χ2v) is 3.69. The molecule has 0 unspecified atom stereocenters. The van der Waals surface area contributed by atoms with Gasteiger partial charge in [-0.3, -0.25) is 10.1 Å². The summed E-state index contributed by atoms with van der Waals surface area (Å²) < 4.78 is 0. The van der Waals surface area contributed by atoms with Gasteiger partial charge in [0.2, 0.25) is 0 Å². The van der Waals surface area contributed by atoms with E-state index in [4.69, 9.17) is 5.11 Å². The molecule has 0 fully saturated rings. The first-order valence-corrected chi connectivity index (χ1v) is 4.94. The third-order valence-corrected chi connectivity index (χ3v) is 1.84. The van der Waals surface area contributed by atoms with E-state index in [2.05, 4.69) is 0 Å². The smallest absolute Gasteiger partial charge is 0.328 e. The fourth-order valence-corrected chi connectivity index (χ4v) is 0.841. The average molecular weight is 243 g/mol. The molecule has 0 atom stereocenters. The van der Waals surface area contributed by atoms with Crippen molar-refractivity contribution in [1.82, 2.24) is 15.1 Å². The molecule has 0 aliphatic heterocycles.